The molecule has 2 aliphatic rings. The highest BCUT2D eigenvalue weighted by atomic mass is 16.5. The van der Waals surface area contributed by atoms with Crippen molar-refractivity contribution in [3.05, 3.63) is 23.8 Å². The molecule has 2 aliphatic heterocycles. The summed E-state index contributed by atoms with van der Waals surface area (Å²) in [6.45, 7) is 10.7. The van der Waals surface area contributed by atoms with E-state index >= 15 is 0 Å². The second-order valence-electron chi connectivity index (χ2n) is 6.53. The second kappa shape index (κ2) is 7.99. The van der Waals surface area contributed by atoms with E-state index in [4.69, 9.17) is 9.47 Å². The normalized spacial score (nSPS) is 23.1. The molecule has 0 aromatic heterocycles. The van der Waals surface area contributed by atoms with Crippen molar-refractivity contribution in [1.82, 2.24) is 15.1 Å². The zero-order valence-corrected chi connectivity index (χ0v) is 14.4. The van der Waals surface area contributed by atoms with Crippen molar-refractivity contribution in [3.8, 4) is 11.5 Å². The molecule has 0 spiro atoms. The minimum absolute atomic E-state index is 0.713. The molecular formula is C18H29N3O2. The summed E-state index contributed by atoms with van der Waals surface area (Å²) in [4.78, 5) is 5.14. The molecule has 0 saturated carbocycles. The monoisotopic (exact) mass is 319 g/mol. The van der Waals surface area contributed by atoms with E-state index in [1.54, 1.807) is 7.11 Å². The van der Waals surface area contributed by atoms with Crippen LogP contribution in [-0.4, -0.2) is 75.4 Å². The fourth-order valence-electron chi connectivity index (χ4n) is 3.48. The molecule has 128 valence electrons. The molecule has 1 N–H and O–H groups in total. The fraction of sp³-hybridized carbons (Fsp3) is 0.667. The van der Waals surface area contributed by atoms with Crippen LogP contribution in [0.3, 0.4) is 0 Å². The average Bonchev–Trinajstić information content (AvgIpc) is 3.11. The summed E-state index contributed by atoms with van der Waals surface area (Å²) < 4.78 is 11.3. The summed E-state index contributed by atoms with van der Waals surface area (Å²) in [6, 6.07) is 6.83. The highest BCUT2D eigenvalue weighted by Crippen LogP contribution is 2.27. The smallest absolute Gasteiger partial charge is 0.161 e. The molecule has 2 saturated heterocycles. The molecule has 5 heteroatoms. The molecule has 2 fully saturated rings. The topological polar surface area (TPSA) is 37.0 Å². The molecule has 3 rings (SSSR count). The number of hydrogen-bond donors (Lipinski definition) is 1. The van der Waals surface area contributed by atoms with Gasteiger partial charge in [-0.1, -0.05) is 6.07 Å². The van der Waals surface area contributed by atoms with Gasteiger partial charge in [-0.15, -0.1) is 0 Å². The highest BCUT2D eigenvalue weighted by Gasteiger charge is 2.25. The van der Waals surface area contributed by atoms with E-state index in [1.165, 1.54) is 31.6 Å². The zero-order valence-electron chi connectivity index (χ0n) is 14.4. The molecule has 23 heavy (non-hydrogen) atoms. The van der Waals surface area contributed by atoms with Gasteiger partial charge in [-0.05, 0) is 37.6 Å². The van der Waals surface area contributed by atoms with Crippen LogP contribution in [0.4, 0.5) is 0 Å². The Labute approximate surface area is 139 Å². The number of nitrogens with zero attached hydrogens (tertiary/aromatic N) is 2. The van der Waals surface area contributed by atoms with Crippen molar-refractivity contribution in [2.24, 2.45) is 0 Å². The van der Waals surface area contributed by atoms with Crippen molar-refractivity contribution < 1.29 is 9.47 Å². The van der Waals surface area contributed by atoms with Gasteiger partial charge >= 0.3 is 0 Å². The molecule has 0 amide bonds. The van der Waals surface area contributed by atoms with Crippen LogP contribution in [-0.2, 0) is 0 Å². The molecule has 0 bridgehead atoms. The lowest BCUT2D eigenvalue weighted by atomic mass is 10.2. The second-order valence-corrected chi connectivity index (χ2v) is 6.53. The van der Waals surface area contributed by atoms with Crippen LogP contribution < -0.4 is 14.8 Å². The Morgan fingerprint density at radius 3 is 2.70 bits per heavy atom. The first-order valence-corrected chi connectivity index (χ1v) is 8.71. The van der Waals surface area contributed by atoms with E-state index < -0.39 is 0 Å². The first-order chi connectivity index (χ1) is 11.3. The van der Waals surface area contributed by atoms with Crippen molar-refractivity contribution in [2.75, 3.05) is 59.5 Å². The summed E-state index contributed by atoms with van der Waals surface area (Å²) >= 11 is 0. The van der Waals surface area contributed by atoms with Crippen molar-refractivity contribution in [3.63, 3.8) is 0 Å². The molecule has 2 heterocycles. The van der Waals surface area contributed by atoms with Gasteiger partial charge in [-0.2, -0.15) is 0 Å². The quantitative estimate of drug-likeness (QED) is 0.857. The van der Waals surface area contributed by atoms with Crippen LogP contribution in [0.25, 0.3) is 0 Å². The first-order valence-electron chi connectivity index (χ1n) is 8.71. The Hall–Kier alpha value is -1.30. The van der Waals surface area contributed by atoms with Crippen LogP contribution in [0.2, 0.25) is 0 Å². The maximum absolute atomic E-state index is 5.92. The van der Waals surface area contributed by atoms with Crippen LogP contribution in [0.1, 0.15) is 12.0 Å². The van der Waals surface area contributed by atoms with E-state index in [1.807, 2.05) is 12.1 Å². The Bertz CT molecular complexity index is 495. The predicted molar refractivity (Wildman–Crippen MR) is 92.5 cm³/mol. The van der Waals surface area contributed by atoms with Gasteiger partial charge in [0.2, 0.25) is 0 Å². The molecule has 5 nitrogen and oxygen atoms in total. The Morgan fingerprint density at radius 1 is 1.17 bits per heavy atom. The maximum atomic E-state index is 5.92. The van der Waals surface area contributed by atoms with Gasteiger partial charge < -0.3 is 14.8 Å². The molecule has 1 aromatic rings. The lowest BCUT2D eigenvalue weighted by Crippen LogP contribution is -2.51. The Kier molecular flexibility index (Phi) is 5.75. The summed E-state index contributed by atoms with van der Waals surface area (Å²) in [5.74, 6) is 1.66. The first kappa shape index (κ1) is 16.6. The number of methoxy groups -OCH3 is 1. The molecule has 0 unspecified atom stereocenters. The summed E-state index contributed by atoms with van der Waals surface area (Å²) in [6.07, 6.45) is 1.30. The maximum Gasteiger partial charge on any atom is 0.161 e. The number of nitrogens with one attached hydrogen (secondary N) is 1. The molecule has 1 aromatic carbocycles. The number of hydrogen-bond acceptors (Lipinski definition) is 5. The lowest BCUT2D eigenvalue weighted by molar-refractivity contribution is 0.0917. The zero-order chi connectivity index (χ0) is 16.1. The van der Waals surface area contributed by atoms with E-state index in [9.17, 15) is 0 Å². The fourth-order valence-corrected chi connectivity index (χ4v) is 3.48. The van der Waals surface area contributed by atoms with Gasteiger partial charge in [-0.25, -0.2) is 0 Å². The Balaban J connectivity index is 1.40. The van der Waals surface area contributed by atoms with Crippen molar-refractivity contribution in [1.29, 1.82) is 0 Å². The van der Waals surface area contributed by atoms with E-state index in [-0.39, 0.29) is 0 Å². The summed E-state index contributed by atoms with van der Waals surface area (Å²) in [5.41, 5.74) is 1.19. The van der Waals surface area contributed by atoms with Crippen LogP contribution in [0.5, 0.6) is 11.5 Å². The molecule has 1 atom stereocenters. The van der Waals surface area contributed by atoms with E-state index in [0.29, 0.717) is 6.61 Å². The largest absolute Gasteiger partial charge is 0.493 e. The minimum atomic E-state index is 0.713. The predicted octanol–water partition coefficient (Wildman–Crippen LogP) is 1.36. The highest BCUT2D eigenvalue weighted by molar-refractivity contribution is 5.42. The molecule has 0 radical (unpaired) electrons. The van der Waals surface area contributed by atoms with Gasteiger partial charge in [0.1, 0.15) is 6.61 Å². The summed E-state index contributed by atoms with van der Waals surface area (Å²) in [7, 11) is 1.69. The number of piperazine rings is 1. The van der Waals surface area contributed by atoms with Crippen LogP contribution in [0, 0.1) is 6.92 Å². The van der Waals surface area contributed by atoms with Crippen molar-refractivity contribution >= 4 is 0 Å². The van der Waals surface area contributed by atoms with Gasteiger partial charge in [0.25, 0.3) is 0 Å². The van der Waals surface area contributed by atoms with Gasteiger partial charge in [0.05, 0.1) is 7.11 Å². The molecular weight excluding hydrogens is 290 g/mol. The van der Waals surface area contributed by atoms with Crippen LogP contribution >= 0.6 is 0 Å². The number of ether oxygens (including phenoxy) is 2. The SMILES string of the molecule is COc1cc(C)ccc1OCCN1CCN([C@H]2CCNC2)CC1. The Morgan fingerprint density at radius 2 is 2.00 bits per heavy atom. The lowest BCUT2D eigenvalue weighted by Gasteiger charge is -2.37. The summed E-state index contributed by atoms with van der Waals surface area (Å²) in [5, 5.41) is 3.46. The molecule has 0 aliphatic carbocycles. The van der Waals surface area contributed by atoms with Gasteiger partial charge in [0.15, 0.2) is 11.5 Å². The standard InChI is InChI=1S/C18H29N3O2/c1-15-3-4-17(18(13-15)22-2)23-12-11-20-7-9-21(10-8-20)16-5-6-19-14-16/h3-4,13,16,19H,5-12,14H2,1-2H3/t16-/m0/s1. The van der Waals surface area contributed by atoms with E-state index in [0.717, 1.165) is 43.7 Å². The number of benzene rings is 1. The third-order valence-corrected chi connectivity index (χ3v) is 4.94. The third-order valence-electron chi connectivity index (χ3n) is 4.94. The number of rotatable bonds is 6. The third kappa shape index (κ3) is 4.37. The van der Waals surface area contributed by atoms with Crippen molar-refractivity contribution in [2.45, 2.75) is 19.4 Å². The van der Waals surface area contributed by atoms with Gasteiger partial charge in [0, 0.05) is 45.3 Å². The number of aryl methyl sites for hydroxylation is 1. The minimum Gasteiger partial charge on any atom is -0.493 e. The van der Waals surface area contributed by atoms with Gasteiger partial charge in [-0.3, -0.25) is 9.80 Å². The van der Waals surface area contributed by atoms with E-state index in [2.05, 4.69) is 28.1 Å². The van der Waals surface area contributed by atoms with Crippen LogP contribution in [0.15, 0.2) is 18.2 Å². The average molecular weight is 319 g/mol.